The van der Waals surface area contributed by atoms with Crippen molar-refractivity contribution in [3.05, 3.63) is 83.7 Å². The Morgan fingerprint density at radius 3 is 2.43 bits per heavy atom. The maximum Gasteiger partial charge on any atom is 0.300 e. The Morgan fingerprint density at radius 1 is 1.03 bits per heavy atom. The molecule has 1 saturated heterocycles. The van der Waals surface area contributed by atoms with Gasteiger partial charge in [-0.2, -0.15) is 0 Å². The van der Waals surface area contributed by atoms with Crippen LogP contribution in [-0.2, 0) is 14.4 Å². The lowest BCUT2D eigenvalue weighted by Crippen LogP contribution is -2.29. The fourth-order valence-corrected chi connectivity index (χ4v) is 4.04. The molecule has 0 spiro atoms. The van der Waals surface area contributed by atoms with E-state index in [-0.39, 0.29) is 28.6 Å². The molecule has 0 saturated carbocycles. The van der Waals surface area contributed by atoms with Gasteiger partial charge in [0, 0.05) is 36.8 Å². The minimum atomic E-state index is -0.947. The van der Waals surface area contributed by atoms with Crippen LogP contribution < -0.4 is 19.7 Å². The van der Waals surface area contributed by atoms with Crippen LogP contribution in [-0.4, -0.2) is 41.9 Å². The third-order valence-corrected chi connectivity index (χ3v) is 5.57. The smallest absolute Gasteiger partial charge is 0.300 e. The summed E-state index contributed by atoms with van der Waals surface area (Å²) in [5, 5.41) is 14.0. The number of aliphatic hydroxyl groups is 1. The highest BCUT2D eigenvalue weighted by atomic mass is 16.5. The van der Waals surface area contributed by atoms with Crippen LogP contribution in [0.2, 0.25) is 0 Å². The number of hydrogen-bond donors (Lipinski definition) is 2. The average molecular weight is 473 g/mol. The monoisotopic (exact) mass is 473 g/mol. The number of hydrogen-bond acceptors (Lipinski definition) is 7. The van der Waals surface area contributed by atoms with Gasteiger partial charge in [0.25, 0.3) is 11.7 Å². The van der Waals surface area contributed by atoms with Gasteiger partial charge in [-0.25, -0.2) is 0 Å². The molecule has 0 radical (unpaired) electrons. The Bertz CT molecular complexity index is 1340. The number of Topliss-reactive ketones (excluding diaryl/α,β-unsaturated/α-hetero) is 1. The molecule has 1 aliphatic rings. The molecule has 0 bridgehead atoms. The van der Waals surface area contributed by atoms with E-state index in [1.807, 2.05) is 0 Å². The fraction of sp³-hybridized carbons (Fsp3) is 0.154. The zero-order valence-electron chi connectivity index (χ0n) is 19.3. The maximum atomic E-state index is 13.3. The quantitative estimate of drug-likeness (QED) is 0.318. The molecule has 35 heavy (non-hydrogen) atoms. The van der Waals surface area contributed by atoms with Gasteiger partial charge in [0.1, 0.15) is 17.3 Å². The van der Waals surface area contributed by atoms with E-state index in [0.717, 1.165) is 0 Å². The molecule has 2 amide bonds. The molecule has 9 heteroatoms. The largest absolute Gasteiger partial charge is 0.507 e. The van der Waals surface area contributed by atoms with Gasteiger partial charge in [0.15, 0.2) is 0 Å². The number of carbonyl (C=O) groups excluding carboxylic acids is 3. The molecule has 1 atom stereocenters. The zero-order chi connectivity index (χ0) is 25.1. The molecule has 3 aromatic rings. The summed E-state index contributed by atoms with van der Waals surface area (Å²) in [6.07, 6.45) is 3.08. The second-order valence-corrected chi connectivity index (χ2v) is 7.75. The summed E-state index contributed by atoms with van der Waals surface area (Å²) >= 11 is 0. The van der Waals surface area contributed by atoms with Crippen LogP contribution in [0.3, 0.4) is 0 Å². The number of aliphatic hydroxyl groups excluding tert-OH is 1. The number of nitrogens with zero attached hydrogens (tertiary/aromatic N) is 2. The molecule has 0 aliphatic carbocycles. The zero-order valence-corrected chi connectivity index (χ0v) is 19.3. The molecule has 1 unspecified atom stereocenters. The van der Waals surface area contributed by atoms with Crippen LogP contribution in [0.1, 0.15) is 24.1 Å². The first kappa shape index (κ1) is 23.5. The minimum Gasteiger partial charge on any atom is -0.507 e. The molecule has 1 fully saturated rings. The first-order chi connectivity index (χ1) is 16.8. The molecular formula is C26H23N3O6. The van der Waals surface area contributed by atoms with Crippen LogP contribution in [0.25, 0.3) is 5.76 Å². The number of nitrogens with one attached hydrogen (secondary N) is 1. The normalized spacial score (nSPS) is 16.8. The first-order valence-electron chi connectivity index (χ1n) is 10.7. The number of aromatic nitrogens is 1. The molecule has 2 heterocycles. The van der Waals surface area contributed by atoms with Gasteiger partial charge in [-0.1, -0.05) is 6.07 Å². The van der Waals surface area contributed by atoms with E-state index >= 15 is 0 Å². The van der Waals surface area contributed by atoms with Crippen molar-refractivity contribution in [2.75, 3.05) is 24.4 Å². The summed E-state index contributed by atoms with van der Waals surface area (Å²) in [6.45, 7) is 1.37. The summed E-state index contributed by atoms with van der Waals surface area (Å²) in [4.78, 5) is 43.5. The van der Waals surface area contributed by atoms with Gasteiger partial charge in [0.2, 0.25) is 5.91 Å². The predicted octanol–water partition coefficient (Wildman–Crippen LogP) is 3.68. The van der Waals surface area contributed by atoms with E-state index in [0.29, 0.717) is 22.7 Å². The van der Waals surface area contributed by atoms with Gasteiger partial charge in [-0.15, -0.1) is 0 Å². The van der Waals surface area contributed by atoms with Crippen molar-refractivity contribution in [2.45, 2.75) is 13.0 Å². The Morgan fingerprint density at radius 2 is 1.77 bits per heavy atom. The maximum absolute atomic E-state index is 13.3. The molecule has 4 rings (SSSR count). The topological polar surface area (TPSA) is 118 Å². The van der Waals surface area contributed by atoms with Gasteiger partial charge in [-0.05, 0) is 48.0 Å². The van der Waals surface area contributed by atoms with Crippen LogP contribution in [0, 0.1) is 0 Å². The number of ether oxygens (including phenoxy) is 2. The van der Waals surface area contributed by atoms with Gasteiger partial charge in [-0.3, -0.25) is 24.3 Å². The summed E-state index contributed by atoms with van der Waals surface area (Å²) in [7, 11) is 2.93. The second-order valence-electron chi connectivity index (χ2n) is 7.75. The Kier molecular flexibility index (Phi) is 6.50. The summed E-state index contributed by atoms with van der Waals surface area (Å²) in [5.74, 6) is -1.56. The molecular weight excluding hydrogens is 450 g/mol. The highest BCUT2D eigenvalue weighted by Crippen LogP contribution is 2.43. The summed E-state index contributed by atoms with van der Waals surface area (Å²) < 4.78 is 10.6. The fourth-order valence-electron chi connectivity index (χ4n) is 4.04. The SMILES string of the molecule is COc1ccc(/C(O)=C2/C(=O)C(=O)N(c3cccc(NC(C)=O)c3)C2c2ccncc2)c(OC)c1. The predicted molar refractivity (Wildman–Crippen MR) is 129 cm³/mol. The molecule has 9 nitrogen and oxygen atoms in total. The van der Waals surface area contributed by atoms with Crippen molar-refractivity contribution in [3.8, 4) is 11.5 Å². The summed E-state index contributed by atoms with van der Waals surface area (Å²) in [5.41, 5.74) is 1.54. The Hall–Kier alpha value is -4.66. The Balaban J connectivity index is 1.93. The number of carbonyl (C=O) groups is 3. The van der Waals surface area contributed by atoms with Crippen molar-refractivity contribution in [1.29, 1.82) is 0 Å². The van der Waals surface area contributed by atoms with E-state index in [9.17, 15) is 19.5 Å². The third-order valence-electron chi connectivity index (χ3n) is 5.57. The van der Waals surface area contributed by atoms with Crippen molar-refractivity contribution in [2.24, 2.45) is 0 Å². The number of amides is 2. The van der Waals surface area contributed by atoms with Crippen molar-refractivity contribution >= 4 is 34.7 Å². The van der Waals surface area contributed by atoms with Crippen molar-refractivity contribution < 1.29 is 29.0 Å². The number of ketones is 1. The van der Waals surface area contributed by atoms with E-state index in [4.69, 9.17) is 9.47 Å². The van der Waals surface area contributed by atoms with Crippen LogP contribution in [0.5, 0.6) is 11.5 Å². The van der Waals surface area contributed by atoms with Gasteiger partial charge >= 0.3 is 0 Å². The lowest BCUT2D eigenvalue weighted by atomic mass is 9.95. The van der Waals surface area contributed by atoms with E-state index < -0.39 is 17.7 Å². The number of pyridine rings is 1. The van der Waals surface area contributed by atoms with E-state index in [1.54, 1.807) is 54.6 Å². The second kappa shape index (κ2) is 9.68. The number of rotatable bonds is 6. The van der Waals surface area contributed by atoms with Gasteiger partial charge in [0.05, 0.1) is 31.4 Å². The van der Waals surface area contributed by atoms with E-state index in [1.165, 1.54) is 38.4 Å². The molecule has 1 aromatic heterocycles. The highest BCUT2D eigenvalue weighted by Gasteiger charge is 2.47. The number of methoxy groups -OCH3 is 2. The standard InChI is InChI=1S/C26H23N3O6/c1-15(30)28-17-5-4-6-18(13-17)29-23(16-9-11-27-12-10-16)22(25(32)26(29)33)24(31)20-8-7-19(34-2)14-21(20)35-3/h4-14,23,31H,1-3H3,(H,28,30)/b24-22-. The van der Waals surface area contributed by atoms with Crippen LogP contribution in [0.4, 0.5) is 11.4 Å². The molecule has 2 aromatic carbocycles. The number of benzene rings is 2. The molecule has 178 valence electrons. The first-order valence-corrected chi connectivity index (χ1v) is 10.7. The van der Waals surface area contributed by atoms with Crippen molar-refractivity contribution in [3.63, 3.8) is 0 Å². The van der Waals surface area contributed by atoms with Crippen LogP contribution in [0.15, 0.2) is 72.6 Å². The lowest BCUT2D eigenvalue weighted by Gasteiger charge is -2.26. The third kappa shape index (κ3) is 4.43. The average Bonchev–Trinajstić information content (AvgIpc) is 3.13. The van der Waals surface area contributed by atoms with Crippen LogP contribution >= 0.6 is 0 Å². The summed E-state index contributed by atoms with van der Waals surface area (Å²) in [6, 6.07) is 13.7. The van der Waals surface area contributed by atoms with Gasteiger partial charge < -0.3 is 19.9 Å². The molecule has 2 N–H and O–H groups in total. The lowest BCUT2D eigenvalue weighted by molar-refractivity contribution is -0.132. The van der Waals surface area contributed by atoms with E-state index in [2.05, 4.69) is 10.3 Å². The Labute approximate surface area is 201 Å². The number of anilines is 2. The van der Waals surface area contributed by atoms with Crippen molar-refractivity contribution in [1.82, 2.24) is 4.98 Å². The molecule has 1 aliphatic heterocycles. The highest BCUT2D eigenvalue weighted by molar-refractivity contribution is 6.51. The minimum absolute atomic E-state index is 0.102.